The van der Waals surface area contributed by atoms with Gasteiger partial charge in [0.1, 0.15) is 11.3 Å². The Hall–Kier alpha value is -2.06. The zero-order valence-electron chi connectivity index (χ0n) is 12.6. The summed E-state index contributed by atoms with van der Waals surface area (Å²) in [6.07, 6.45) is 2.82. The van der Waals surface area contributed by atoms with Gasteiger partial charge in [-0.15, -0.1) is 5.10 Å². The molecule has 6 nitrogen and oxygen atoms in total. The van der Waals surface area contributed by atoms with Crippen LogP contribution in [-0.2, 0) is 11.3 Å². The number of hydrogen-bond acceptors (Lipinski definition) is 5. The number of benzene rings is 1. The molecule has 1 aliphatic rings. The van der Waals surface area contributed by atoms with Crippen LogP contribution in [0.4, 0.5) is 8.78 Å². The summed E-state index contributed by atoms with van der Waals surface area (Å²) in [6, 6.07) is 2.71. The van der Waals surface area contributed by atoms with Gasteiger partial charge in [-0.2, -0.15) is 4.39 Å². The molecule has 0 amide bonds. The molecule has 2 aromatic rings. The lowest BCUT2D eigenvalue weighted by Crippen LogP contribution is -2.42. The van der Waals surface area contributed by atoms with Crippen LogP contribution in [0.5, 0.6) is 5.75 Å². The van der Waals surface area contributed by atoms with Gasteiger partial charge in [-0.3, -0.25) is 0 Å². The Morgan fingerprint density at radius 2 is 2.22 bits per heavy atom. The van der Waals surface area contributed by atoms with Crippen molar-refractivity contribution in [1.29, 1.82) is 0 Å². The molecule has 23 heavy (non-hydrogen) atoms. The van der Waals surface area contributed by atoms with E-state index in [0.29, 0.717) is 13.0 Å². The molecule has 8 heteroatoms. The molecule has 1 aromatic heterocycles. The minimum atomic E-state index is -1.07. The summed E-state index contributed by atoms with van der Waals surface area (Å²) in [5, 5.41) is 18.1. The summed E-state index contributed by atoms with van der Waals surface area (Å²) in [5.74, 6) is -2.29. The van der Waals surface area contributed by atoms with Crippen molar-refractivity contribution in [3.63, 3.8) is 0 Å². The number of aliphatic hydroxyl groups is 1. The van der Waals surface area contributed by atoms with Gasteiger partial charge >= 0.3 is 0 Å². The highest BCUT2D eigenvalue weighted by Gasteiger charge is 2.31. The Morgan fingerprint density at radius 3 is 2.91 bits per heavy atom. The van der Waals surface area contributed by atoms with Crippen molar-refractivity contribution in [2.75, 3.05) is 20.3 Å². The first kappa shape index (κ1) is 15.8. The zero-order chi connectivity index (χ0) is 16.4. The fraction of sp³-hybridized carbons (Fsp3) is 0.467. The lowest BCUT2D eigenvalue weighted by atomic mass is 9.97. The van der Waals surface area contributed by atoms with E-state index in [9.17, 15) is 13.9 Å². The molecule has 0 radical (unpaired) electrons. The molecule has 0 bridgehead atoms. The largest absolute Gasteiger partial charge is 0.494 e. The van der Waals surface area contributed by atoms with Gasteiger partial charge in [0.15, 0.2) is 11.6 Å². The average Bonchev–Trinajstić information content (AvgIpc) is 2.98. The molecule has 1 unspecified atom stereocenters. The molecule has 1 aliphatic heterocycles. The number of ether oxygens (including phenoxy) is 2. The van der Waals surface area contributed by atoms with Gasteiger partial charge in [0, 0.05) is 12.2 Å². The highest BCUT2D eigenvalue weighted by molar-refractivity contribution is 5.60. The van der Waals surface area contributed by atoms with E-state index < -0.39 is 17.2 Å². The fourth-order valence-electron chi connectivity index (χ4n) is 2.65. The summed E-state index contributed by atoms with van der Waals surface area (Å²) >= 11 is 0. The van der Waals surface area contributed by atoms with Gasteiger partial charge in [-0.25, -0.2) is 9.07 Å². The topological polar surface area (TPSA) is 69.4 Å². The van der Waals surface area contributed by atoms with Crippen LogP contribution in [0.2, 0.25) is 0 Å². The van der Waals surface area contributed by atoms with Crippen LogP contribution in [0.15, 0.2) is 18.3 Å². The second kappa shape index (κ2) is 6.21. The molecular weight excluding hydrogens is 308 g/mol. The SMILES string of the molecule is COc1ccc(-c2cn(CC3(O)CCCOC3)nn2)c(F)c1F. The highest BCUT2D eigenvalue weighted by Crippen LogP contribution is 2.29. The molecule has 1 N–H and O–H groups in total. The normalized spacial score (nSPS) is 21.4. The van der Waals surface area contributed by atoms with Crippen LogP contribution >= 0.6 is 0 Å². The van der Waals surface area contributed by atoms with Crippen molar-refractivity contribution in [3.8, 4) is 17.0 Å². The molecular formula is C15H17F2N3O3. The lowest BCUT2D eigenvalue weighted by Gasteiger charge is -2.31. The van der Waals surface area contributed by atoms with Gasteiger partial charge < -0.3 is 14.6 Å². The predicted octanol–water partition coefficient (Wildman–Crippen LogP) is 1.77. The van der Waals surface area contributed by atoms with E-state index in [0.717, 1.165) is 6.42 Å². The average molecular weight is 325 g/mol. The summed E-state index contributed by atoms with van der Waals surface area (Å²) in [4.78, 5) is 0. The van der Waals surface area contributed by atoms with Crippen molar-refractivity contribution in [3.05, 3.63) is 30.0 Å². The van der Waals surface area contributed by atoms with Crippen molar-refractivity contribution in [1.82, 2.24) is 15.0 Å². The van der Waals surface area contributed by atoms with Gasteiger partial charge in [0.25, 0.3) is 0 Å². The van der Waals surface area contributed by atoms with Crippen LogP contribution in [0.1, 0.15) is 12.8 Å². The molecule has 1 fully saturated rings. The Labute approximate surface area is 131 Å². The number of halogens is 2. The van der Waals surface area contributed by atoms with E-state index in [1.807, 2.05) is 0 Å². The number of aromatic nitrogens is 3. The number of rotatable bonds is 4. The van der Waals surface area contributed by atoms with Crippen LogP contribution < -0.4 is 4.74 Å². The first-order chi connectivity index (χ1) is 11.0. The van der Waals surface area contributed by atoms with Gasteiger partial charge in [-0.05, 0) is 25.0 Å². The first-order valence-electron chi connectivity index (χ1n) is 7.25. The summed E-state index contributed by atoms with van der Waals surface area (Å²) in [7, 11) is 1.26. The van der Waals surface area contributed by atoms with Crippen molar-refractivity contribution >= 4 is 0 Å². The van der Waals surface area contributed by atoms with Gasteiger partial charge in [-0.1, -0.05) is 5.21 Å². The smallest absolute Gasteiger partial charge is 0.201 e. The first-order valence-corrected chi connectivity index (χ1v) is 7.25. The van der Waals surface area contributed by atoms with E-state index in [-0.39, 0.29) is 30.2 Å². The number of nitrogens with zero attached hydrogens (tertiary/aromatic N) is 3. The fourth-order valence-corrected chi connectivity index (χ4v) is 2.65. The maximum absolute atomic E-state index is 14.1. The Balaban J connectivity index is 1.83. The summed E-state index contributed by atoms with van der Waals surface area (Å²) < 4.78 is 39.3. The third-order valence-electron chi connectivity index (χ3n) is 3.84. The van der Waals surface area contributed by atoms with Gasteiger partial charge in [0.2, 0.25) is 5.82 Å². The molecule has 0 saturated carbocycles. The third kappa shape index (κ3) is 3.18. The molecule has 2 heterocycles. The molecule has 124 valence electrons. The van der Waals surface area contributed by atoms with Gasteiger partial charge in [0.05, 0.1) is 26.5 Å². The van der Waals surface area contributed by atoms with Crippen molar-refractivity contribution in [2.45, 2.75) is 25.0 Å². The maximum atomic E-state index is 14.1. The standard InChI is InChI=1S/C15H17F2N3O3/c1-22-12-4-3-10(13(16)14(12)17)11-7-20(19-18-11)8-15(21)5-2-6-23-9-15/h3-4,7,21H,2,5-6,8-9H2,1H3. The number of methoxy groups -OCH3 is 1. The minimum Gasteiger partial charge on any atom is -0.494 e. The monoisotopic (exact) mass is 325 g/mol. The Morgan fingerprint density at radius 1 is 1.39 bits per heavy atom. The molecule has 1 saturated heterocycles. The van der Waals surface area contributed by atoms with Crippen LogP contribution in [0, 0.1) is 11.6 Å². The Bertz CT molecular complexity index is 699. The molecule has 1 atom stereocenters. The predicted molar refractivity (Wildman–Crippen MR) is 76.9 cm³/mol. The Kier molecular flexibility index (Phi) is 4.27. The summed E-state index contributed by atoms with van der Waals surface area (Å²) in [6.45, 7) is 1.02. The maximum Gasteiger partial charge on any atom is 0.201 e. The van der Waals surface area contributed by atoms with Crippen LogP contribution in [0.25, 0.3) is 11.3 Å². The molecule has 1 aromatic carbocycles. The molecule has 0 aliphatic carbocycles. The van der Waals surface area contributed by atoms with E-state index in [2.05, 4.69) is 10.3 Å². The van der Waals surface area contributed by atoms with Crippen LogP contribution in [0.3, 0.4) is 0 Å². The van der Waals surface area contributed by atoms with Crippen LogP contribution in [-0.4, -0.2) is 46.0 Å². The summed E-state index contributed by atoms with van der Waals surface area (Å²) in [5.41, 5.74) is -0.849. The lowest BCUT2D eigenvalue weighted by molar-refractivity contribution is -0.0960. The molecule has 0 spiro atoms. The second-order valence-electron chi connectivity index (χ2n) is 5.63. The van der Waals surface area contributed by atoms with E-state index >= 15 is 0 Å². The highest BCUT2D eigenvalue weighted by atomic mass is 19.2. The quantitative estimate of drug-likeness (QED) is 0.928. The van der Waals surface area contributed by atoms with Crippen molar-refractivity contribution in [2.24, 2.45) is 0 Å². The number of hydrogen-bond donors (Lipinski definition) is 1. The minimum absolute atomic E-state index is 0.0126. The van der Waals surface area contributed by atoms with E-state index in [1.165, 1.54) is 30.1 Å². The molecule has 3 rings (SSSR count). The van der Waals surface area contributed by atoms with Crippen molar-refractivity contribution < 1.29 is 23.4 Å². The van der Waals surface area contributed by atoms with E-state index in [1.54, 1.807) is 0 Å². The third-order valence-corrected chi connectivity index (χ3v) is 3.84. The van der Waals surface area contributed by atoms with E-state index in [4.69, 9.17) is 9.47 Å². The second-order valence-corrected chi connectivity index (χ2v) is 5.63. The zero-order valence-corrected chi connectivity index (χ0v) is 12.6.